The highest BCUT2D eigenvalue weighted by Gasteiger charge is 2.13. The molecule has 0 radical (unpaired) electrons. The molecule has 1 aromatic heterocycles. The summed E-state index contributed by atoms with van der Waals surface area (Å²) in [6.07, 6.45) is 0.120. The number of nitrogens with zero attached hydrogens (tertiary/aromatic N) is 2. The highest BCUT2D eigenvalue weighted by atomic mass is 16.5. The van der Waals surface area contributed by atoms with E-state index in [0.29, 0.717) is 0 Å². The monoisotopic (exact) mass is 296 g/mol. The Morgan fingerprint density at radius 3 is 2.18 bits per heavy atom. The second-order valence-corrected chi connectivity index (χ2v) is 5.70. The van der Waals surface area contributed by atoms with Crippen LogP contribution in [0.4, 0.5) is 0 Å². The normalized spacial score (nSPS) is 10.8. The second kappa shape index (κ2) is 6.48. The van der Waals surface area contributed by atoms with Gasteiger partial charge in [0.1, 0.15) is 17.4 Å². The van der Waals surface area contributed by atoms with Gasteiger partial charge in [-0.3, -0.25) is 4.79 Å². The van der Waals surface area contributed by atoms with E-state index in [9.17, 15) is 4.79 Å². The lowest BCUT2D eigenvalue weighted by molar-refractivity contribution is 0.242. The van der Waals surface area contributed by atoms with Crippen LogP contribution in [0.15, 0.2) is 41.2 Å². The molecule has 2 rings (SSSR count). The quantitative estimate of drug-likeness (QED) is 0.863. The fourth-order valence-electron chi connectivity index (χ4n) is 2.36. The van der Waals surface area contributed by atoms with Gasteiger partial charge in [-0.1, -0.05) is 0 Å². The summed E-state index contributed by atoms with van der Waals surface area (Å²) < 4.78 is 7.28. The number of aromatic nitrogens is 1. The molecule has 1 aromatic carbocycles. The number of hydrogen-bond acceptors (Lipinski definition) is 3. The van der Waals surface area contributed by atoms with E-state index < -0.39 is 0 Å². The molecule has 22 heavy (non-hydrogen) atoms. The van der Waals surface area contributed by atoms with E-state index in [-0.39, 0.29) is 23.3 Å². The number of benzene rings is 1. The zero-order chi connectivity index (χ0) is 16.3. The Labute approximate surface area is 130 Å². The van der Waals surface area contributed by atoms with Crippen molar-refractivity contribution in [1.82, 2.24) is 4.57 Å². The van der Waals surface area contributed by atoms with E-state index in [1.165, 1.54) is 0 Å². The molecule has 0 unspecified atom stereocenters. The van der Waals surface area contributed by atoms with E-state index in [1.807, 2.05) is 64.1 Å². The van der Waals surface area contributed by atoms with Crippen LogP contribution < -0.4 is 10.3 Å². The smallest absolute Gasteiger partial charge is 0.269 e. The van der Waals surface area contributed by atoms with Crippen molar-refractivity contribution in [1.29, 1.82) is 5.26 Å². The molecule has 0 saturated carbocycles. The lowest BCUT2D eigenvalue weighted by atomic mass is 10.1. The molecule has 0 aliphatic carbocycles. The molecule has 0 aliphatic heterocycles. The Bertz CT molecular complexity index is 750. The van der Waals surface area contributed by atoms with E-state index in [4.69, 9.17) is 10.00 Å². The van der Waals surface area contributed by atoms with Gasteiger partial charge in [0.2, 0.25) is 0 Å². The summed E-state index contributed by atoms with van der Waals surface area (Å²) in [4.78, 5) is 12.4. The van der Waals surface area contributed by atoms with Gasteiger partial charge in [0, 0.05) is 6.04 Å². The van der Waals surface area contributed by atoms with Gasteiger partial charge in [0.15, 0.2) is 0 Å². The predicted octanol–water partition coefficient (Wildman–Crippen LogP) is 3.76. The molecule has 4 heteroatoms. The van der Waals surface area contributed by atoms with Crippen LogP contribution in [0.5, 0.6) is 5.75 Å². The molecule has 1 heterocycles. The van der Waals surface area contributed by atoms with Crippen molar-refractivity contribution in [3.63, 3.8) is 0 Å². The third-order valence-electron chi connectivity index (χ3n) is 3.28. The predicted molar refractivity (Wildman–Crippen MR) is 87.0 cm³/mol. The summed E-state index contributed by atoms with van der Waals surface area (Å²) >= 11 is 0. The molecule has 0 spiro atoms. The number of ether oxygens (including phenoxy) is 1. The molecule has 4 nitrogen and oxygen atoms in total. The molecule has 2 aromatic rings. The van der Waals surface area contributed by atoms with Crippen molar-refractivity contribution in [2.45, 2.75) is 39.8 Å². The fourth-order valence-corrected chi connectivity index (χ4v) is 2.36. The van der Waals surface area contributed by atoms with Crippen LogP contribution in [-0.2, 0) is 0 Å². The Morgan fingerprint density at radius 1 is 1.05 bits per heavy atom. The van der Waals surface area contributed by atoms with Crippen LogP contribution in [0.1, 0.15) is 39.3 Å². The van der Waals surface area contributed by atoms with Crippen LogP contribution in [-0.4, -0.2) is 10.7 Å². The molecule has 0 N–H and O–H groups in total. The first-order chi connectivity index (χ1) is 10.4. The fraction of sp³-hybridized carbons (Fsp3) is 0.333. The summed E-state index contributed by atoms with van der Waals surface area (Å²) in [5.74, 6) is 0.797. The van der Waals surface area contributed by atoms with Crippen molar-refractivity contribution >= 4 is 0 Å². The maximum Gasteiger partial charge on any atom is 0.269 e. The minimum absolute atomic E-state index is 0.0256. The molecular weight excluding hydrogens is 276 g/mol. The summed E-state index contributed by atoms with van der Waals surface area (Å²) in [5.41, 5.74) is 1.64. The largest absolute Gasteiger partial charge is 0.491 e. The number of rotatable bonds is 4. The number of nitriles is 1. The van der Waals surface area contributed by atoms with Gasteiger partial charge in [0.05, 0.1) is 11.8 Å². The lowest BCUT2D eigenvalue weighted by Gasteiger charge is -2.17. The van der Waals surface area contributed by atoms with Crippen LogP contribution in [0.3, 0.4) is 0 Å². The van der Waals surface area contributed by atoms with Crippen LogP contribution in [0.25, 0.3) is 11.3 Å². The molecule has 114 valence electrons. The SMILES string of the molecule is CC(C)Oc1ccc(-c2ccc(C#N)c(=O)n2C(C)C)cc1. The zero-order valence-corrected chi connectivity index (χ0v) is 13.3. The van der Waals surface area contributed by atoms with Crippen molar-refractivity contribution in [3.05, 3.63) is 52.3 Å². The van der Waals surface area contributed by atoms with E-state index >= 15 is 0 Å². The van der Waals surface area contributed by atoms with E-state index in [0.717, 1.165) is 17.0 Å². The van der Waals surface area contributed by atoms with Gasteiger partial charge in [-0.15, -0.1) is 0 Å². The van der Waals surface area contributed by atoms with Crippen molar-refractivity contribution in [3.8, 4) is 23.1 Å². The minimum Gasteiger partial charge on any atom is -0.491 e. The highest BCUT2D eigenvalue weighted by Crippen LogP contribution is 2.24. The van der Waals surface area contributed by atoms with Crippen LogP contribution in [0.2, 0.25) is 0 Å². The number of hydrogen-bond donors (Lipinski definition) is 0. The van der Waals surface area contributed by atoms with E-state index in [2.05, 4.69) is 0 Å². The van der Waals surface area contributed by atoms with Crippen molar-refractivity contribution < 1.29 is 4.74 Å². The third kappa shape index (κ3) is 3.20. The Kier molecular flexibility index (Phi) is 4.67. The van der Waals surface area contributed by atoms with Gasteiger partial charge in [-0.2, -0.15) is 5.26 Å². The number of pyridine rings is 1. The molecule has 0 aliphatic rings. The molecule has 0 bridgehead atoms. The van der Waals surface area contributed by atoms with Gasteiger partial charge in [0.25, 0.3) is 5.56 Å². The molecule has 0 atom stereocenters. The zero-order valence-electron chi connectivity index (χ0n) is 13.3. The first-order valence-electron chi connectivity index (χ1n) is 7.36. The minimum atomic E-state index is -0.252. The Hall–Kier alpha value is -2.54. The van der Waals surface area contributed by atoms with Gasteiger partial charge >= 0.3 is 0 Å². The third-order valence-corrected chi connectivity index (χ3v) is 3.28. The van der Waals surface area contributed by atoms with Crippen LogP contribution >= 0.6 is 0 Å². The average molecular weight is 296 g/mol. The first-order valence-corrected chi connectivity index (χ1v) is 7.36. The Morgan fingerprint density at radius 2 is 1.68 bits per heavy atom. The molecule has 0 fully saturated rings. The maximum absolute atomic E-state index is 12.4. The summed E-state index contributed by atoms with van der Waals surface area (Å²) in [7, 11) is 0. The highest BCUT2D eigenvalue weighted by molar-refractivity contribution is 5.61. The van der Waals surface area contributed by atoms with E-state index in [1.54, 1.807) is 10.6 Å². The molecule has 0 saturated heterocycles. The standard InChI is InChI=1S/C18H20N2O2/c1-12(2)20-17(10-7-15(11-19)18(20)21)14-5-8-16(9-6-14)22-13(3)4/h5-10,12-13H,1-4H3. The van der Waals surface area contributed by atoms with Gasteiger partial charge in [-0.05, 0) is 69.7 Å². The summed E-state index contributed by atoms with van der Waals surface area (Å²) in [5, 5.41) is 9.03. The van der Waals surface area contributed by atoms with Crippen molar-refractivity contribution in [2.75, 3.05) is 0 Å². The second-order valence-electron chi connectivity index (χ2n) is 5.70. The summed E-state index contributed by atoms with van der Waals surface area (Å²) in [6.45, 7) is 7.82. The molecular formula is C18H20N2O2. The van der Waals surface area contributed by atoms with Gasteiger partial charge in [-0.25, -0.2) is 0 Å². The average Bonchev–Trinajstić information content (AvgIpc) is 2.46. The lowest BCUT2D eigenvalue weighted by Crippen LogP contribution is -2.25. The van der Waals surface area contributed by atoms with Crippen molar-refractivity contribution in [2.24, 2.45) is 0 Å². The Balaban J connectivity index is 2.51. The first kappa shape index (κ1) is 15.8. The topological polar surface area (TPSA) is 55.0 Å². The maximum atomic E-state index is 12.4. The molecule has 0 amide bonds. The van der Waals surface area contributed by atoms with Gasteiger partial charge < -0.3 is 9.30 Å². The van der Waals surface area contributed by atoms with Crippen LogP contribution in [0, 0.1) is 11.3 Å². The summed E-state index contributed by atoms with van der Waals surface area (Å²) in [6, 6.07) is 13.0.